The molecule has 1 N–H and O–H groups in total. The van der Waals surface area contributed by atoms with E-state index in [-0.39, 0.29) is 0 Å². The van der Waals surface area contributed by atoms with Crippen LogP contribution in [-0.4, -0.2) is 37.1 Å². The van der Waals surface area contributed by atoms with E-state index in [0.29, 0.717) is 0 Å². The van der Waals surface area contributed by atoms with Crippen molar-refractivity contribution in [3.05, 3.63) is 0 Å². The van der Waals surface area contributed by atoms with Crippen LogP contribution < -0.4 is 5.32 Å². The fourth-order valence-corrected chi connectivity index (χ4v) is 3.66. The molecule has 0 radical (unpaired) electrons. The van der Waals surface area contributed by atoms with Gasteiger partial charge in [0.15, 0.2) is 0 Å². The van der Waals surface area contributed by atoms with E-state index in [1.54, 1.807) is 0 Å². The minimum atomic E-state index is 0.719. The summed E-state index contributed by atoms with van der Waals surface area (Å²) < 4.78 is 0. The van der Waals surface area contributed by atoms with E-state index >= 15 is 0 Å². The Hall–Kier alpha value is -0.0800. The van der Waals surface area contributed by atoms with Crippen molar-refractivity contribution in [2.45, 2.75) is 77.8 Å². The van der Waals surface area contributed by atoms with Crippen molar-refractivity contribution in [2.75, 3.05) is 20.1 Å². The third kappa shape index (κ3) is 4.55. The average molecular weight is 254 g/mol. The second kappa shape index (κ2) is 8.92. The van der Waals surface area contributed by atoms with Gasteiger partial charge < -0.3 is 5.32 Å². The zero-order chi connectivity index (χ0) is 13.4. The molecule has 0 aromatic carbocycles. The highest BCUT2D eigenvalue weighted by atomic mass is 15.2. The molecule has 1 aliphatic rings. The zero-order valence-corrected chi connectivity index (χ0v) is 13.0. The van der Waals surface area contributed by atoms with Gasteiger partial charge in [0.05, 0.1) is 0 Å². The molecule has 18 heavy (non-hydrogen) atoms. The Bertz CT molecular complexity index is 199. The molecule has 0 heterocycles. The number of nitrogens with zero attached hydrogens (tertiary/aromatic N) is 1. The van der Waals surface area contributed by atoms with E-state index in [1.807, 2.05) is 0 Å². The van der Waals surface area contributed by atoms with Crippen LogP contribution in [0.5, 0.6) is 0 Å². The predicted molar refractivity (Wildman–Crippen MR) is 81.0 cm³/mol. The standard InChI is InChI=1S/C16H34N2/c1-5-8-14-9-10-15(17-4)16(13-14)18(11-6-2)12-7-3/h14-17H,5-13H2,1-4H3. The van der Waals surface area contributed by atoms with E-state index in [0.717, 1.165) is 18.0 Å². The first-order chi connectivity index (χ1) is 8.76. The Balaban J connectivity index is 2.63. The third-order valence-electron chi connectivity index (χ3n) is 4.48. The van der Waals surface area contributed by atoms with Crippen LogP contribution in [0.4, 0.5) is 0 Å². The highest BCUT2D eigenvalue weighted by Crippen LogP contribution is 2.31. The predicted octanol–water partition coefficient (Wildman–Crippen LogP) is 3.67. The molecule has 1 aliphatic carbocycles. The normalized spacial score (nSPS) is 28.8. The maximum atomic E-state index is 3.57. The zero-order valence-electron chi connectivity index (χ0n) is 13.0. The molecule has 0 aromatic heterocycles. The van der Waals surface area contributed by atoms with Crippen LogP contribution in [0.15, 0.2) is 0 Å². The van der Waals surface area contributed by atoms with Gasteiger partial charge in [0.1, 0.15) is 0 Å². The Morgan fingerprint density at radius 2 is 1.67 bits per heavy atom. The van der Waals surface area contributed by atoms with Gasteiger partial charge >= 0.3 is 0 Å². The molecule has 0 spiro atoms. The summed E-state index contributed by atoms with van der Waals surface area (Å²) in [7, 11) is 2.15. The summed E-state index contributed by atoms with van der Waals surface area (Å²) in [5.41, 5.74) is 0. The molecule has 0 aromatic rings. The molecule has 3 unspecified atom stereocenters. The van der Waals surface area contributed by atoms with Crippen LogP contribution >= 0.6 is 0 Å². The van der Waals surface area contributed by atoms with E-state index in [1.165, 1.54) is 58.0 Å². The lowest BCUT2D eigenvalue weighted by molar-refractivity contribution is 0.0965. The van der Waals surface area contributed by atoms with Crippen LogP contribution in [-0.2, 0) is 0 Å². The first kappa shape index (κ1) is 16.0. The molecule has 0 saturated heterocycles. The Labute approximate surface area is 115 Å². The van der Waals surface area contributed by atoms with E-state index in [9.17, 15) is 0 Å². The monoisotopic (exact) mass is 254 g/mol. The second-order valence-corrected chi connectivity index (χ2v) is 5.97. The summed E-state index contributed by atoms with van der Waals surface area (Å²) in [6.07, 6.45) is 9.57. The minimum absolute atomic E-state index is 0.719. The summed E-state index contributed by atoms with van der Waals surface area (Å²) in [6.45, 7) is 9.49. The van der Waals surface area contributed by atoms with Gasteiger partial charge in [-0.1, -0.05) is 33.6 Å². The van der Waals surface area contributed by atoms with E-state index < -0.39 is 0 Å². The Kier molecular flexibility index (Phi) is 7.92. The molecule has 0 bridgehead atoms. The van der Waals surface area contributed by atoms with Crippen LogP contribution in [0.2, 0.25) is 0 Å². The van der Waals surface area contributed by atoms with Crippen molar-refractivity contribution in [1.82, 2.24) is 10.2 Å². The quantitative estimate of drug-likeness (QED) is 0.711. The lowest BCUT2D eigenvalue weighted by Crippen LogP contribution is -2.52. The first-order valence-electron chi connectivity index (χ1n) is 8.18. The van der Waals surface area contributed by atoms with Gasteiger partial charge in [0, 0.05) is 12.1 Å². The number of rotatable bonds is 8. The Morgan fingerprint density at radius 3 is 2.17 bits per heavy atom. The van der Waals surface area contributed by atoms with Crippen molar-refractivity contribution in [3.63, 3.8) is 0 Å². The minimum Gasteiger partial charge on any atom is -0.315 e. The molecule has 3 atom stereocenters. The number of nitrogens with one attached hydrogen (secondary N) is 1. The summed E-state index contributed by atoms with van der Waals surface area (Å²) in [5.74, 6) is 0.973. The molecule has 2 nitrogen and oxygen atoms in total. The van der Waals surface area contributed by atoms with Gasteiger partial charge in [-0.2, -0.15) is 0 Å². The first-order valence-corrected chi connectivity index (χ1v) is 8.18. The fourth-order valence-electron chi connectivity index (χ4n) is 3.66. The van der Waals surface area contributed by atoms with Crippen molar-refractivity contribution in [2.24, 2.45) is 5.92 Å². The van der Waals surface area contributed by atoms with Gasteiger partial charge in [-0.25, -0.2) is 0 Å². The van der Waals surface area contributed by atoms with Crippen molar-refractivity contribution >= 4 is 0 Å². The number of hydrogen-bond acceptors (Lipinski definition) is 2. The summed E-state index contributed by atoms with van der Waals surface area (Å²) in [6, 6.07) is 1.50. The lowest BCUT2D eigenvalue weighted by atomic mass is 9.79. The highest BCUT2D eigenvalue weighted by molar-refractivity contribution is 4.90. The summed E-state index contributed by atoms with van der Waals surface area (Å²) in [5, 5.41) is 3.57. The largest absolute Gasteiger partial charge is 0.315 e. The molecule has 0 aliphatic heterocycles. The van der Waals surface area contributed by atoms with Gasteiger partial charge in [0.2, 0.25) is 0 Å². The van der Waals surface area contributed by atoms with E-state index in [4.69, 9.17) is 0 Å². The summed E-state index contributed by atoms with van der Waals surface area (Å²) in [4.78, 5) is 2.75. The van der Waals surface area contributed by atoms with Gasteiger partial charge in [0.25, 0.3) is 0 Å². The van der Waals surface area contributed by atoms with E-state index in [2.05, 4.69) is 38.0 Å². The second-order valence-electron chi connectivity index (χ2n) is 5.97. The van der Waals surface area contributed by atoms with Crippen molar-refractivity contribution < 1.29 is 0 Å². The van der Waals surface area contributed by atoms with Crippen LogP contribution in [0.3, 0.4) is 0 Å². The van der Waals surface area contributed by atoms with Crippen LogP contribution in [0.1, 0.15) is 65.7 Å². The fraction of sp³-hybridized carbons (Fsp3) is 1.00. The molecule has 0 amide bonds. The average Bonchev–Trinajstić information content (AvgIpc) is 2.39. The number of likely N-dealkylation sites (N-methyl/N-ethyl adjacent to an activating group) is 1. The van der Waals surface area contributed by atoms with Crippen LogP contribution in [0.25, 0.3) is 0 Å². The van der Waals surface area contributed by atoms with Crippen molar-refractivity contribution in [3.8, 4) is 0 Å². The van der Waals surface area contributed by atoms with Gasteiger partial charge in [-0.05, 0) is 58.2 Å². The van der Waals surface area contributed by atoms with Gasteiger partial charge in [-0.15, -0.1) is 0 Å². The molecular weight excluding hydrogens is 220 g/mol. The molecule has 1 rings (SSSR count). The number of hydrogen-bond donors (Lipinski definition) is 1. The molecule has 108 valence electrons. The van der Waals surface area contributed by atoms with Crippen LogP contribution in [0, 0.1) is 5.92 Å². The maximum absolute atomic E-state index is 3.57. The molecular formula is C16H34N2. The smallest absolute Gasteiger partial charge is 0.0251 e. The highest BCUT2D eigenvalue weighted by Gasteiger charge is 2.32. The summed E-state index contributed by atoms with van der Waals surface area (Å²) >= 11 is 0. The molecule has 1 saturated carbocycles. The molecule has 1 fully saturated rings. The van der Waals surface area contributed by atoms with Crippen molar-refractivity contribution in [1.29, 1.82) is 0 Å². The lowest BCUT2D eigenvalue weighted by Gasteiger charge is -2.43. The maximum Gasteiger partial charge on any atom is 0.0251 e. The van der Waals surface area contributed by atoms with Gasteiger partial charge in [-0.3, -0.25) is 4.90 Å². The SMILES string of the molecule is CCCC1CCC(NC)C(N(CCC)CCC)C1. The Morgan fingerprint density at radius 1 is 1.00 bits per heavy atom. The third-order valence-corrected chi connectivity index (χ3v) is 4.48. The molecule has 2 heteroatoms. The topological polar surface area (TPSA) is 15.3 Å².